The molecule has 136 valence electrons. The Bertz CT molecular complexity index is 842. The highest BCUT2D eigenvalue weighted by molar-refractivity contribution is 7.92. The molecule has 1 N–H and O–H groups in total. The molecule has 6 nitrogen and oxygen atoms in total. The fraction of sp³-hybridized carbons (Fsp3) is 0.400. The van der Waals surface area contributed by atoms with Crippen LogP contribution in [0.15, 0.2) is 23.1 Å². The van der Waals surface area contributed by atoms with E-state index in [2.05, 4.69) is 0 Å². The van der Waals surface area contributed by atoms with E-state index in [0.29, 0.717) is 0 Å². The highest BCUT2D eigenvalue weighted by Crippen LogP contribution is 2.32. The van der Waals surface area contributed by atoms with Crippen molar-refractivity contribution in [1.82, 2.24) is 4.90 Å². The van der Waals surface area contributed by atoms with E-state index in [1.54, 1.807) is 0 Å². The number of halogens is 2. The van der Waals surface area contributed by atoms with E-state index in [4.69, 9.17) is 23.8 Å². The second kappa shape index (κ2) is 7.35. The fourth-order valence-corrected chi connectivity index (χ4v) is 5.37. The number of Topliss-reactive ketones (excluding diaryl/α,β-unsaturated/α-hetero) is 1. The van der Waals surface area contributed by atoms with Crippen molar-refractivity contribution in [3.05, 3.63) is 29.0 Å². The smallest absolute Gasteiger partial charge is 0.326 e. The molecule has 1 aliphatic heterocycles. The number of rotatable bonds is 5. The molecule has 0 bridgehead atoms. The van der Waals surface area contributed by atoms with Crippen LogP contribution in [0.4, 0.5) is 4.39 Å². The van der Waals surface area contributed by atoms with Gasteiger partial charge in [-0.1, -0.05) is 23.8 Å². The molecule has 0 saturated carbocycles. The Labute approximate surface area is 154 Å². The summed E-state index contributed by atoms with van der Waals surface area (Å²) in [6.07, 6.45) is -0.341. The van der Waals surface area contributed by atoms with Gasteiger partial charge in [0.2, 0.25) is 0 Å². The number of ketones is 1. The van der Waals surface area contributed by atoms with Crippen LogP contribution in [0.5, 0.6) is 0 Å². The zero-order valence-corrected chi connectivity index (χ0v) is 15.5. The third-order valence-corrected chi connectivity index (χ3v) is 6.90. The number of thiocarbonyl (C=S) groups is 1. The van der Waals surface area contributed by atoms with Gasteiger partial charge in [-0.25, -0.2) is 17.6 Å². The molecule has 0 spiro atoms. The summed E-state index contributed by atoms with van der Waals surface area (Å²) < 4.78 is 38.7. The zero-order chi connectivity index (χ0) is 18.9. The molecule has 1 fully saturated rings. The van der Waals surface area contributed by atoms with Crippen LogP contribution in [0.3, 0.4) is 0 Å². The molecule has 1 aliphatic rings. The first kappa shape index (κ1) is 19.7. The molecule has 1 aromatic rings. The third-order valence-electron chi connectivity index (χ3n) is 3.91. The maximum absolute atomic E-state index is 13.2. The molecule has 25 heavy (non-hydrogen) atoms. The normalized spacial score (nSPS) is 20.5. The van der Waals surface area contributed by atoms with Gasteiger partial charge in [0.15, 0.2) is 9.84 Å². The maximum atomic E-state index is 13.2. The Morgan fingerprint density at radius 1 is 1.44 bits per heavy atom. The molecule has 1 saturated heterocycles. The van der Waals surface area contributed by atoms with Gasteiger partial charge in [0.1, 0.15) is 17.6 Å². The average molecular weight is 408 g/mol. The molecule has 2 unspecified atom stereocenters. The lowest BCUT2D eigenvalue weighted by Crippen LogP contribution is -2.40. The van der Waals surface area contributed by atoms with Crippen molar-refractivity contribution in [1.29, 1.82) is 0 Å². The summed E-state index contributed by atoms with van der Waals surface area (Å²) in [7, 11) is -4.00. The van der Waals surface area contributed by atoms with Gasteiger partial charge in [-0.3, -0.25) is 4.79 Å². The molecule has 1 heterocycles. The van der Waals surface area contributed by atoms with E-state index in [9.17, 15) is 27.5 Å². The first-order valence-corrected chi connectivity index (χ1v) is 9.58. The first-order valence-electron chi connectivity index (χ1n) is 7.24. The van der Waals surface area contributed by atoms with Crippen LogP contribution in [0.25, 0.3) is 0 Å². The highest BCUT2D eigenvalue weighted by atomic mass is 35.5. The van der Waals surface area contributed by atoms with Gasteiger partial charge < -0.3 is 10.0 Å². The van der Waals surface area contributed by atoms with Crippen LogP contribution in [-0.4, -0.2) is 53.0 Å². The topological polar surface area (TPSA) is 91.8 Å². The number of hydrogen-bond acceptors (Lipinski definition) is 5. The molecule has 10 heteroatoms. The minimum Gasteiger partial charge on any atom is -0.480 e. The van der Waals surface area contributed by atoms with E-state index < -0.39 is 32.9 Å². The number of likely N-dealkylation sites (tertiary alicyclic amines) is 1. The number of carboxylic acid groups (broad SMARTS) is 1. The van der Waals surface area contributed by atoms with Gasteiger partial charge in [-0.15, -0.1) is 0 Å². The molecule has 2 atom stereocenters. The molecular weight excluding hydrogens is 393 g/mol. The number of carbonyl (C=O) groups is 2. The van der Waals surface area contributed by atoms with Gasteiger partial charge in [0.05, 0.1) is 26.6 Å². The van der Waals surface area contributed by atoms with E-state index in [1.807, 2.05) is 0 Å². The lowest BCUT2D eigenvalue weighted by Gasteiger charge is -2.23. The number of benzene rings is 1. The Kier molecular flexibility index (Phi) is 5.80. The van der Waals surface area contributed by atoms with Crippen LogP contribution in [0, 0.1) is 5.82 Å². The minimum atomic E-state index is -4.00. The van der Waals surface area contributed by atoms with Crippen LogP contribution in [-0.2, 0) is 19.4 Å². The number of carbonyl (C=O) groups excluding carboxylic acids is 1. The van der Waals surface area contributed by atoms with Crippen molar-refractivity contribution in [2.24, 2.45) is 0 Å². The zero-order valence-electron chi connectivity index (χ0n) is 13.1. The highest BCUT2D eigenvalue weighted by Gasteiger charge is 2.44. The first-order chi connectivity index (χ1) is 11.5. The van der Waals surface area contributed by atoms with Gasteiger partial charge in [0, 0.05) is 6.54 Å². The number of hydrogen-bond donors (Lipinski definition) is 1. The minimum absolute atomic E-state index is 0.0859. The van der Waals surface area contributed by atoms with Crippen molar-refractivity contribution in [3.63, 3.8) is 0 Å². The fourth-order valence-electron chi connectivity index (χ4n) is 2.73. The maximum Gasteiger partial charge on any atom is 0.326 e. The van der Waals surface area contributed by atoms with Crippen LogP contribution in [0.2, 0.25) is 5.02 Å². The quantitative estimate of drug-likeness (QED) is 0.590. The Balaban J connectivity index is 2.35. The van der Waals surface area contributed by atoms with Crippen LogP contribution in [0.1, 0.15) is 19.8 Å². The number of nitrogens with zero attached hydrogens (tertiary/aromatic N) is 1. The molecular formula is C15H15ClFNO5S2. The molecule has 1 aromatic carbocycles. The van der Waals surface area contributed by atoms with Crippen molar-refractivity contribution in [2.45, 2.75) is 36.0 Å². The average Bonchev–Trinajstić information content (AvgIpc) is 2.92. The number of aliphatic carboxylic acids is 1. The van der Waals surface area contributed by atoms with Crippen LogP contribution >= 0.6 is 23.8 Å². The SMILES string of the molecule is CC(=O)CC(=S)N1CC(S(=O)(=O)c2ccc(F)cc2Cl)CC1C(=O)O. The molecule has 0 amide bonds. The summed E-state index contributed by atoms with van der Waals surface area (Å²) in [5.74, 6) is -2.15. The van der Waals surface area contributed by atoms with E-state index in [1.165, 1.54) is 11.8 Å². The van der Waals surface area contributed by atoms with Gasteiger partial charge >= 0.3 is 5.97 Å². The second-order valence-corrected chi connectivity index (χ2v) is 8.83. The van der Waals surface area contributed by atoms with Gasteiger partial charge in [-0.05, 0) is 31.5 Å². The summed E-state index contributed by atoms with van der Waals surface area (Å²) in [5, 5.41) is 8.01. The van der Waals surface area contributed by atoms with E-state index in [-0.39, 0.29) is 40.1 Å². The van der Waals surface area contributed by atoms with Crippen molar-refractivity contribution in [3.8, 4) is 0 Å². The standard InChI is InChI=1S/C15H15ClFNO5S2/c1-8(19)4-14(24)18-7-10(6-12(18)15(20)21)25(22,23)13-3-2-9(17)5-11(13)16/h2-3,5,10,12H,4,6-7H2,1H3,(H,20,21). The van der Waals surface area contributed by atoms with Gasteiger partial charge in [-0.2, -0.15) is 0 Å². The van der Waals surface area contributed by atoms with E-state index in [0.717, 1.165) is 18.2 Å². The number of carboxylic acids is 1. The van der Waals surface area contributed by atoms with E-state index >= 15 is 0 Å². The monoisotopic (exact) mass is 407 g/mol. The summed E-state index contributed by atoms with van der Waals surface area (Å²) in [4.78, 5) is 23.8. The summed E-state index contributed by atoms with van der Waals surface area (Å²) in [6, 6.07) is 1.77. The van der Waals surface area contributed by atoms with Gasteiger partial charge in [0.25, 0.3) is 0 Å². The van der Waals surface area contributed by atoms with Crippen LogP contribution < -0.4 is 0 Å². The summed E-state index contributed by atoms with van der Waals surface area (Å²) >= 11 is 10.9. The molecule has 0 aliphatic carbocycles. The second-order valence-electron chi connectivity index (χ2n) is 5.76. The third kappa shape index (κ3) is 4.16. The predicted molar refractivity (Wildman–Crippen MR) is 93.0 cm³/mol. The predicted octanol–water partition coefficient (Wildman–Crippen LogP) is 2.09. The Morgan fingerprint density at radius 2 is 2.08 bits per heavy atom. The van der Waals surface area contributed by atoms with Crippen molar-refractivity contribution >= 4 is 50.4 Å². The summed E-state index contributed by atoms with van der Waals surface area (Å²) in [6.45, 7) is 1.14. The van der Waals surface area contributed by atoms with Crippen molar-refractivity contribution < 1.29 is 27.5 Å². The lowest BCUT2D eigenvalue weighted by molar-refractivity contribution is -0.141. The Morgan fingerprint density at radius 3 is 2.60 bits per heavy atom. The largest absolute Gasteiger partial charge is 0.480 e. The molecule has 0 radical (unpaired) electrons. The molecule has 0 aromatic heterocycles. The molecule has 2 rings (SSSR count). The number of sulfone groups is 1. The Hall–Kier alpha value is -1.58. The lowest BCUT2D eigenvalue weighted by atomic mass is 10.2. The van der Waals surface area contributed by atoms with Crippen molar-refractivity contribution in [2.75, 3.05) is 6.54 Å². The summed E-state index contributed by atoms with van der Waals surface area (Å²) in [5.41, 5.74) is 0.